The zero-order valence-electron chi connectivity index (χ0n) is 31.3. The van der Waals surface area contributed by atoms with Gasteiger partial charge >= 0.3 is 0 Å². The summed E-state index contributed by atoms with van der Waals surface area (Å²) in [6, 6.07) is 72.7. The van der Waals surface area contributed by atoms with Crippen molar-refractivity contribution in [2.75, 3.05) is 4.90 Å². The molecule has 58 heavy (non-hydrogen) atoms. The van der Waals surface area contributed by atoms with Crippen LogP contribution < -0.4 is 4.90 Å². The molecule has 13 rings (SSSR count). The number of hydrogen-bond acceptors (Lipinski definition) is 3. The standard InChI is InChI=1S/C55H33NO2/c1-7-21-45-36(14-1)37-15-2-8-22-46(37)55(45)47-23-9-3-16-38(47)39-30-28-35(33-48(39)55)56(34-29-31-52-44(32-34)41-18-5-11-25-50(41)57-52)49-24-10-4-17-40(49)42-20-13-27-53-54(42)43-19-6-12-26-51(43)58-53/h1-33H. The fourth-order valence-corrected chi connectivity index (χ4v) is 10.4. The number of fused-ring (bicyclic) bond motifs is 16. The fourth-order valence-electron chi connectivity index (χ4n) is 10.4. The van der Waals surface area contributed by atoms with Gasteiger partial charge in [-0.25, -0.2) is 0 Å². The van der Waals surface area contributed by atoms with Crippen LogP contribution in [0, 0.1) is 0 Å². The van der Waals surface area contributed by atoms with Crippen LogP contribution in [0.2, 0.25) is 0 Å². The van der Waals surface area contributed by atoms with Crippen molar-refractivity contribution >= 4 is 60.9 Å². The molecule has 2 aromatic heterocycles. The second-order valence-corrected chi connectivity index (χ2v) is 15.5. The summed E-state index contributed by atoms with van der Waals surface area (Å²) in [6.45, 7) is 0. The van der Waals surface area contributed by atoms with E-state index in [0.717, 1.165) is 72.1 Å². The highest BCUT2D eigenvalue weighted by molar-refractivity contribution is 6.14. The van der Waals surface area contributed by atoms with E-state index in [1.165, 1.54) is 44.5 Å². The third-order valence-electron chi connectivity index (χ3n) is 12.7. The van der Waals surface area contributed by atoms with Gasteiger partial charge in [-0.05, 0) is 105 Å². The summed E-state index contributed by atoms with van der Waals surface area (Å²) in [6.07, 6.45) is 0. The Labute approximate surface area is 334 Å². The molecule has 0 amide bonds. The second kappa shape index (κ2) is 11.7. The van der Waals surface area contributed by atoms with E-state index in [9.17, 15) is 0 Å². The Morgan fingerprint density at radius 1 is 0.310 bits per heavy atom. The van der Waals surface area contributed by atoms with Crippen molar-refractivity contribution in [2.45, 2.75) is 5.41 Å². The van der Waals surface area contributed by atoms with Gasteiger partial charge in [0.05, 0.1) is 11.1 Å². The topological polar surface area (TPSA) is 29.5 Å². The zero-order chi connectivity index (χ0) is 38.0. The Bertz CT molecular complexity index is 3430. The van der Waals surface area contributed by atoms with E-state index in [4.69, 9.17) is 8.83 Å². The number of nitrogens with zero attached hydrogens (tertiary/aromatic N) is 1. The maximum Gasteiger partial charge on any atom is 0.136 e. The molecule has 0 aliphatic heterocycles. The average Bonchev–Trinajstić information content (AvgIpc) is 4.02. The van der Waals surface area contributed by atoms with Crippen molar-refractivity contribution in [1.82, 2.24) is 0 Å². The zero-order valence-corrected chi connectivity index (χ0v) is 31.3. The van der Waals surface area contributed by atoms with Gasteiger partial charge in [-0.15, -0.1) is 0 Å². The van der Waals surface area contributed by atoms with Crippen LogP contribution in [-0.4, -0.2) is 0 Å². The van der Waals surface area contributed by atoms with Crippen molar-refractivity contribution in [3.05, 3.63) is 222 Å². The molecular formula is C55H33NO2. The summed E-state index contributed by atoms with van der Waals surface area (Å²) in [5.41, 5.74) is 18.9. The van der Waals surface area contributed by atoms with E-state index in [1.54, 1.807) is 0 Å². The maximum absolute atomic E-state index is 6.43. The smallest absolute Gasteiger partial charge is 0.136 e. The molecule has 9 aromatic carbocycles. The predicted molar refractivity (Wildman–Crippen MR) is 237 cm³/mol. The summed E-state index contributed by atoms with van der Waals surface area (Å²) in [5, 5.41) is 4.41. The predicted octanol–water partition coefficient (Wildman–Crippen LogP) is 15.0. The minimum Gasteiger partial charge on any atom is -0.456 e. The fraction of sp³-hybridized carbons (Fsp3) is 0.0182. The average molecular weight is 740 g/mol. The highest BCUT2D eigenvalue weighted by Gasteiger charge is 2.51. The largest absolute Gasteiger partial charge is 0.456 e. The quantitative estimate of drug-likeness (QED) is 0.180. The van der Waals surface area contributed by atoms with Crippen LogP contribution in [0.3, 0.4) is 0 Å². The third-order valence-corrected chi connectivity index (χ3v) is 12.7. The Balaban J connectivity index is 1.11. The van der Waals surface area contributed by atoms with Crippen molar-refractivity contribution in [3.63, 3.8) is 0 Å². The summed E-state index contributed by atoms with van der Waals surface area (Å²) < 4.78 is 12.8. The van der Waals surface area contributed by atoms with Gasteiger partial charge in [0.15, 0.2) is 0 Å². The molecule has 3 nitrogen and oxygen atoms in total. The van der Waals surface area contributed by atoms with Crippen LogP contribution in [0.25, 0.3) is 77.3 Å². The number of benzene rings is 9. The number of para-hydroxylation sites is 3. The maximum atomic E-state index is 6.43. The first kappa shape index (κ1) is 31.6. The number of hydrogen-bond donors (Lipinski definition) is 0. The van der Waals surface area contributed by atoms with Gasteiger partial charge in [-0.2, -0.15) is 0 Å². The van der Waals surface area contributed by atoms with E-state index < -0.39 is 5.41 Å². The normalized spacial score (nSPS) is 13.3. The van der Waals surface area contributed by atoms with Gasteiger partial charge in [0.2, 0.25) is 0 Å². The van der Waals surface area contributed by atoms with E-state index in [2.05, 4.69) is 187 Å². The van der Waals surface area contributed by atoms with Crippen molar-refractivity contribution in [2.24, 2.45) is 0 Å². The summed E-state index contributed by atoms with van der Waals surface area (Å²) in [5.74, 6) is 0. The van der Waals surface area contributed by atoms with Crippen LogP contribution in [-0.2, 0) is 5.41 Å². The number of furan rings is 2. The van der Waals surface area contributed by atoms with Gasteiger partial charge < -0.3 is 13.7 Å². The first-order valence-corrected chi connectivity index (χ1v) is 19.9. The van der Waals surface area contributed by atoms with Crippen LogP contribution in [0.4, 0.5) is 17.1 Å². The minimum absolute atomic E-state index is 0.466. The SMILES string of the molecule is c1ccc(N(c2ccc3c(c2)C2(c4ccccc4-c4ccccc42)c2ccccc2-3)c2ccc3oc4ccccc4c3c2)c(-c2cccc3oc4ccccc4c23)c1. The molecule has 2 aliphatic carbocycles. The van der Waals surface area contributed by atoms with Crippen LogP contribution in [0.1, 0.15) is 22.3 Å². The molecule has 1 spiro atoms. The van der Waals surface area contributed by atoms with Crippen molar-refractivity contribution in [3.8, 4) is 33.4 Å². The molecule has 2 aliphatic rings. The van der Waals surface area contributed by atoms with E-state index >= 15 is 0 Å². The Morgan fingerprint density at radius 3 is 1.52 bits per heavy atom. The molecule has 0 unspecified atom stereocenters. The lowest BCUT2D eigenvalue weighted by Gasteiger charge is -2.32. The summed E-state index contributed by atoms with van der Waals surface area (Å²) in [7, 11) is 0. The second-order valence-electron chi connectivity index (χ2n) is 15.5. The molecule has 0 bridgehead atoms. The van der Waals surface area contributed by atoms with Crippen LogP contribution in [0.15, 0.2) is 209 Å². The molecule has 11 aromatic rings. The van der Waals surface area contributed by atoms with Gasteiger partial charge in [0.25, 0.3) is 0 Å². The summed E-state index contributed by atoms with van der Waals surface area (Å²) in [4.78, 5) is 2.45. The monoisotopic (exact) mass is 739 g/mol. The van der Waals surface area contributed by atoms with E-state index in [1.807, 2.05) is 18.2 Å². The van der Waals surface area contributed by atoms with Gasteiger partial charge in [-0.3, -0.25) is 0 Å². The first-order chi connectivity index (χ1) is 28.8. The highest BCUT2D eigenvalue weighted by Crippen LogP contribution is 2.63. The van der Waals surface area contributed by atoms with E-state index in [-0.39, 0.29) is 0 Å². The first-order valence-electron chi connectivity index (χ1n) is 19.9. The molecule has 0 saturated carbocycles. The lowest BCUT2D eigenvalue weighted by Crippen LogP contribution is -2.26. The van der Waals surface area contributed by atoms with Crippen LogP contribution in [0.5, 0.6) is 0 Å². The molecule has 270 valence electrons. The summed E-state index contributed by atoms with van der Waals surface area (Å²) >= 11 is 0. The number of anilines is 3. The Hall–Kier alpha value is -7.62. The lowest BCUT2D eigenvalue weighted by atomic mass is 9.70. The van der Waals surface area contributed by atoms with Gasteiger partial charge in [0, 0.05) is 38.5 Å². The molecule has 3 heteroatoms. The number of rotatable bonds is 4. The Morgan fingerprint density at radius 2 is 0.793 bits per heavy atom. The van der Waals surface area contributed by atoms with Crippen molar-refractivity contribution < 1.29 is 8.83 Å². The van der Waals surface area contributed by atoms with Crippen LogP contribution >= 0.6 is 0 Å². The van der Waals surface area contributed by atoms with E-state index in [0.29, 0.717) is 0 Å². The Kier molecular flexibility index (Phi) is 6.37. The molecule has 0 fully saturated rings. The molecule has 0 atom stereocenters. The van der Waals surface area contributed by atoms with Gasteiger partial charge in [0.1, 0.15) is 22.3 Å². The molecule has 0 N–H and O–H groups in total. The molecule has 0 saturated heterocycles. The molecule has 0 radical (unpaired) electrons. The van der Waals surface area contributed by atoms with Crippen molar-refractivity contribution in [1.29, 1.82) is 0 Å². The molecular weight excluding hydrogens is 707 g/mol. The highest BCUT2D eigenvalue weighted by atomic mass is 16.3. The third kappa shape index (κ3) is 4.12. The van der Waals surface area contributed by atoms with Gasteiger partial charge in [-0.1, -0.05) is 146 Å². The molecule has 2 heterocycles. The lowest BCUT2D eigenvalue weighted by molar-refractivity contribution is 0.668. The minimum atomic E-state index is -0.466.